The van der Waals surface area contributed by atoms with Gasteiger partial charge in [-0.05, 0) is 23.7 Å². The van der Waals surface area contributed by atoms with E-state index in [0.29, 0.717) is 26.4 Å². The minimum absolute atomic E-state index is 0.0894. The van der Waals surface area contributed by atoms with E-state index in [0.717, 1.165) is 12.8 Å². The normalized spacial score (nSPS) is 15.6. The fraction of sp³-hybridized carbons (Fsp3) is 0.947. The van der Waals surface area contributed by atoms with Gasteiger partial charge in [0.2, 0.25) is 0 Å². The molecule has 0 aliphatic carbocycles. The summed E-state index contributed by atoms with van der Waals surface area (Å²) in [4.78, 5) is 13.2. The van der Waals surface area contributed by atoms with Crippen molar-refractivity contribution >= 4 is 5.78 Å². The molecule has 3 heteroatoms. The number of hydrogen-bond acceptors (Lipinski definition) is 3. The van der Waals surface area contributed by atoms with Crippen LogP contribution in [0.1, 0.15) is 68.2 Å². The smallest absolute Gasteiger partial charge is 0.144 e. The fourth-order valence-corrected chi connectivity index (χ4v) is 2.45. The highest BCUT2D eigenvalue weighted by molar-refractivity contribution is 5.85. The first-order valence-electron chi connectivity index (χ1n) is 8.74. The average molecular weight is 315 g/mol. The Balaban J connectivity index is 5.08. The summed E-state index contributed by atoms with van der Waals surface area (Å²) in [5.41, 5.74) is -0.196. The highest BCUT2D eigenvalue weighted by Gasteiger charge is 2.40. The molecule has 0 amide bonds. The molecule has 0 N–H and O–H groups in total. The number of hydrogen-bond donors (Lipinski definition) is 0. The number of carbonyl (C=O) groups excluding carboxylic acids is 1. The molecule has 0 saturated heterocycles. The van der Waals surface area contributed by atoms with Gasteiger partial charge in [0.1, 0.15) is 5.78 Å². The van der Waals surface area contributed by atoms with Crippen LogP contribution in [-0.4, -0.2) is 32.2 Å². The molecule has 0 spiro atoms. The number of rotatable bonds is 10. The van der Waals surface area contributed by atoms with Crippen molar-refractivity contribution in [3.63, 3.8) is 0 Å². The molecule has 0 radical (unpaired) electrons. The lowest BCUT2D eigenvalue weighted by Crippen LogP contribution is -2.43. The van der Waals surface area contributed by atoms with Gasteiger partial charge in [0, 0.05) is 25.0 Å². The van der Waals surface area contributed by atoms with Crippen molar-refractivity contribution in [3.05, 3.63) is 0 Å². The number of ether oxygens (including phenoxy) is 2. The molecule has 0 bridgehead atoms. The first-order valence-corrected chi connectivity index (χ1v) is 8.74. The van der Waals surface area contributed by atoms with Crippen LogP contribution in [-0.2, 0) is 14.3 Å². The molecule has 2 atom stereocenters. The summed E-state index contributed by atoms with van der Waals surface area (Å²) < 4.78 is 11.4. The largest absolute Gasteiger partial charge is 0.381 e. The van der Waals surface area contributed by atoms with Gasteiger partial charge < -0.3 is 9.47 Å². The van der Waals surface area contributed by atoms with Crippen molar-refractivity contribution in [2.75, 3.05) is 26.4 Å². The highest BCUT2D eigenvalue weighted by atomic mass is 16.5. The summed E-state index contributed by atoms with van der Waals surface area (Å²) >= 11 is 0. The van der Waals surface area contributed by atoms with Gasteiger partial charge in [-0.2, -0.15) is 0 Å². The van der Waals surface area contributed by atoms with Crippen molar-refractivity contribution in [2.45, 2.75) is 68.2 Å². The van der Waals surface area contributed by atoms with Crippen LogP contribution in [0.2, 0.25) is 0 Å². The van der Waals surface area contributed by atoms with E-state index in [1.807, 2.05) is 0 Å². The van der Waals surface area contributed by atoms with Gasteiger partial charge >= 0.3 is 0 Å². The second-order valence-electron chi connectivity index (χ2n) is 8.39. The lowest BCUT2D eigenvalue weighted by Gasteiger charge is -2.37. The Bertz CT molecular complexity index is 280. The Morgan fingerprint density at radius 1 is 0.773 bits per heavy atom. The standard InChI is InChI=1S/C19H38O3/c1-9-11-21-13-15(18(3,4)5)17(20)16(19(6,7)8)14-22-12-10-2/h15-16H,9-14H2,1-8H3. The third-order valence-corrected chi connectivity index (χ3v) is 4.04. The van der Waals surface area contributed by atoms with E-state index in [-0.39, 0.29) is 28.4 Å². The molecule has 0 aromatic heterocycles. The first-order chi connectivity index (χ1) is 10.1. The number of ketones is 1. The molecule has 0 saturated carbocycles. The van der Waals surface area contributed by atoms with Crippen molar-refractivity contribution in [2.24, 2.45) is 22.7 Å². The van der Waals surface area contributed by atoms with Crippen LogP contribution >= 0.6 is 0 Å². The Morgan fingerprint density at radius 3 is 1.32 bits per heavy atom. The minimum Gasteiger partial charge on any atom is -0.381 e. The van der Waals surface area contributed by atoms with Gasteiger partial charge in [-0.15, -0.1) is 0 Å². The van der Waals surface area contributed by atoms with Crippen molar-refractivity contribution in [3.8, 4) is 0 Å². The van der Waals surface area contributed by atoms with E-state index >= 15 is 0 Å². The molecule has 0 aliphatic heterocycles. The van der Waals surface area contributed by atoms with E-state index in [9.17, 15) is 4.79 Å². The monoisotopic (exact) mass is 314 g/mol. The summed E-state index contributed by atoms with van der Waals surface area (Å²) in [5.74, 6) is 0.106. The quantitative estimate of drug-likeness (QED) is 0.547. The van der Waals surface area contributed by atoms with Crippen molar-refractivity contribution in [1.82, 2.24) is 0 Å². The zero-order chi connectivity index (χ0) is 17.4. The average Bonchev–Trinajstić information content (AvgIpc) is 2.36. The topological polar surface area (TPSA) is 35.5 Å². The summed E-state index contributed by atoms with van der Waals surface area (Å²) in [6.45, 7) is 19.4. The summed E-state index contributed by atoms with van der Waals surface area (Å²) in [6.07, 6.45) is 1.96. The van der Waals surface area contributed by atoms with Crippen LogP contribution in [0.25, 0.3) is 0 Å². The maximum atomic E-state index is 13.2. The van der Waals surface area contributed by atoms with Gasteiger partial charge in [0.15, 0.2) is 0 Å². The maximum Gasteiger partial charge on any atom is 0.144 e. The molecular weight excluding hydrogens is 276 g/mol. The molecule has 2 unspecified atom stereocenters. The van der Waals surface area contributed by atoms with Crippen LogP contribution < -0.4 is 0 Å². The zero-order valence-corrected chi connectivity index (χ0v) is 16.1. The molecule has 0 aromatic carbocycles. The third-order valence-electron chi connectivity index (χ3n) is 4.04. The van der Waals surface area contributed by atoms with E-state index in [1.54, 1.807) is 0 Å². The fourth-order valence-electron chi connectivity index (χ4n) is 2.45. The Kier molecular flexibility index (Phi) is 9.49. The highest BCUT2D eigenvalue weighted by Crippen LogP contribution is 2.35. The molecule has 0 heterocycles. The van der Waals surface area contributed by atoms with Crippen LogP contribution in [0.3, 0.4) is 0 Å². The van der Waals surface area contributed by atoms with Crippen LogP contribution in [0, 0.1) is 22.7 Å². The Hall–Kier alpha value is -0.410. The number of carbonyl (C=O) groups is 1. The summed E-state index contributed by atoms with van der Waals surface area (Å²) in [5, 5.41) is 0. The Morgan fingerprint density at radius 2 is 1.09 bits per heavy atom. The van der Waals surface area contributed by atoms with Crippen LogP contribution in [0.5, 0.6) is 0 Å². The third kappa shape index (κ3) is 7.73. The van der Waals surface area contributed by atoms with Gasteiger partial charge in [-0.3, -0.25) is 4.79 Å². The van der Waals surface area contributed by atoms with Crippen LogP contribution in [0.15, 0.2) is 0 Å². The second-order valence-corrected chi connectivity index (χ2v) is 8.39. The number of Topliss-reactive ketones (excluding diaryl/α,β-unsaturated/α-hetero) is 1. The van der Waals surface area contributed by atoms with E-state index < -0.39 is 0 Å². The molecule has 22 heavy (non-hydrogen) atoms. The molecule has 0 fully saturated rings. The lowest BCUT2D eigenvalue weighted by molar-refractivity contribution is -0.139. The van der Waals surface area contributed by atoms with Crippen molar-refractivity contribution in [1.29, 1.82) is 0 Å². The summed E-state index contributed by atoms with van der Waals surface area (Å²) in [6, 6.07) is 0. The molecule has 132 valence electrons. The van der Waals surface area contributed by atoms with E-state index in [4.69, 9.17) is 9.47 Å². The maximum absolute atomic E-state index is 13.2. The zero-order valence-electron chi connectivity index (χ0n) is 16.1. The minimum atomic E-state index is -0.0981. The molecule has 0 aliphatic rings. The van der Waals surface area contributed by atoms with Gasteiger partial charge in [-0.25, -0.2) is 0 Å². The van der Waals surface area contributed by atoms with Gasteiger partial charge in [-0.1, -0.05) is 55.4 Å². The predicted molar refractivity (Wildman–Crippen MR) is 93.1 cm³/mol. The molecule has 0 aromatic rings. The van der Waals surface area contributed by atoms with Crippen molar-refractivity contribution < 1.29 is 14.3 Å². The lowest BCUT2D eigenvalue weighted by atomic mass is 9.69. The Labute approximate surface area is 138 Å². The molecule has 3 nitrogen and oxygen atoms in total. The SMILES string of the molecule is CCCOCC(C(=O)C(COCCC)C(C)(C)C)C(C)(C)C. The molecular formula is C19H38O3. The summed E-state index contributed by atoms with van der Waals surface area (Å²) in [7, 11) is 0. The van der Waals surface area contributed by atoms with Gasteiger partial charge in [0.25, 0.3) is 0 Å². The van der Waals surface area contributed by atoms with Crippen LogP contribution in [0.4, 0.5) is 0 Å². The van der Waals surface area contributed by atoms with Gasteiger partial charge in [0.05, 0.1) is 13.2 Å². The van der Waals surface area contributed by atoms with E-state index in [2.05, 4.69) is 55.4 Å². The molecule has 0 rings (SSSR count). The second kappa shape index (κ2) is 9.67. The predicted octanol–water partition coefficient (Wildman–Crippen LogP) is 4.73. The first kappa shape index (κ1) is 21.6. The van der Waals surface area contributed by atoms with E-state index in [1.165, 1.54) is 0 Å².